The van der Waals surface area contributed by atoms with Gasteiger partial charge in [-0.3, -0.25) is 0 Å². The Balaban J connectivity index is 1.19. The summed E-state index contributed by atoms with van der Waals surface area (Å²) in [6.07, 6.45) is 8.64. The highest BCUT2D eigenvalue weighted by molar-refractivity contribution is 9.09. The van der Waals surface area contributed by atoms with E-state index in [0.717, 1.165) is 38.5 Å². The molecule has 7 heteroatoms. The molecule has 3 saturated carbocycles. The topological polar surface area (TPSA) is 36.9 Å². The van der Waals surface area contributed by atoms with Crippen molar-refractivity contribution in [1.82, 2.24) is 0 Å². The lowest BCUT2D eigenvalue weighted by molar-refractivity contribution is -0.264. The van der Waals surface area contributed by atoms with Gasteiger partial charge in [0.2, 0.25) is 0 Å². The number of rotatable bonds is 15. The van der Waals surface area contributed by atoms with E-state index < -0.39 is 17.8 Å². The van der Waals surface area contributed by atoms with Crippen LogP contribution in [0.5, 0.6) is 0 Å². The summed E-state index contributed by atoms with van der Waals surface area (Å²) >= 11 is 4.25. The van der Waals surface area contributed by atoms with E-state index >= 15 is 8.78 Å². The summed E-state index contributed by atoms with van der Waals surface area (Å²) in [4.78, 5) is 0.275. The Morgan fingerprint density at radius 1 is 0.885 bits per heavy atom. The first-order valence-electron chi connectivity index (χ1n) is 20.0. The van der Waals surface area contributed by atoms with Gasteiger partial charge >= 0.3 is 0 Å². The maximum Gasteiger partial charge on any atom is 0.276 e. The lowest BCUT2D eigenvalue weighted by Gasteiger charge is -2.61. The molecule has 3 fully saturated rings. The minimum atomic E-state index is -2.96. The van der Waals surface area contributed by atoms with Gasteiger partial charge < -0.3 is 18.9 Å². The third-order valence-electron chi connectivity index (χ3n) is 14.2. The molecule has 52 heavy (non-hydrogen) atoms. The van der Waals surface area contributed by atoms with Gasteiger partial charge in [0.15, 0.2) is 6.29 Å². The van der Waals surface area contributed by atoms with Gasteiger partial charge in [0.05, 0.1) is 25.4 Å². The van der Waals surface area contributed by atoms with Gasteiger partial charge in [0.25, 0.3) is 5.92 Å². The molecule has 0 heterocycles. The Hall–Kier alpha value is -1.64. The summed E-state index contributed by atoms with van der Waals surface area (Å²) in [5.74, 6) is -0.840. The van der Waals surface area contributed by atoms with Crippen molar-refractivity contribution < 1.29 is 27.7 Å². The molecule has 6 rings (SSSR count). The highest BCUT2D eigenvalue weighted by atomic mass is 79.9. The van der Waals surface area contributed by atoms with Crippen molar-refractivity contribution in [1.29, 1.82) is 0 Å². The molecule has 0 spiro atoms. The maximum absolute atomic E-state index is 15.7. The molecule has 288 valence electrons. The van der Waals surface area contributed by atoms with Gasteiger partial charge in [-0.2, -0.15) is 0 Å². The fraction of sp³-hybridized carbons (Fsp3) is 0.689. The molecule has 0 aliphatic heterocycles. The summed E-state index contributed by atoms with van der Waals surface area (Å²) in [5.41, 5.74) is 2.31. The lowest BCUT2D eigenvalue weighted by Crippen LogP contribution is -2.58. The largest absolute Gasteiger partial charge is 0.373 e. The molecule has 11 atom stereocenters. The predicted octanol–water partition coefficient (Wildman–Crippen LogP) is 11.9. The third-order valence-corrected chi connectivity index (χ3v) is 15.0. The first kappa shape index (κ1) is 40.0. The average molecular weight is 786 g/mol. The standard InChI is InChI=1S/C45H63BrF2O4/c1-8-49-31(3)52-42(4,5)45(47,48)24-21-30(2)36-19-20-37-41-38(22-23-43(36,37)6)44(7)34(26-39(41)46)25-35(50-28-32-15-11-9-12-16-32)27-40(44)51-29-33-17-13-10-14-18-33/h9-18,26,30-31,35-41H,8,19-25,27-29H2,1-7H3/t30-,31?,35?,36-,37+,38+,39?,40+,41+,43-,44+/m1/s1. The van der Waals surface area contributed by atoms with Crippen LogP contribution < -0.4 is 0 Å². The fourth-order valence-electron chi connectivity index (χ4n) is 11.2. The van der Waals surface area contributed by atoms with Crippen molar-refractivity contribution in [3.8, 4) is 0 Å². The van der Waals surface area contributed by atoms with Crippen LogP contribution >= 0.6 is 15.9 Å². The molecule has 2 aromatic rings. The monoisotopic (exact) mass is 784 g/mol. The smallest absolute Gasteiger partial charge is 0.276 e. The van der Waals surface area contributed by atoms with Gasteiger partial charge in [0.1, 0.15) is 5.60 Å². The number of fused-ring (bicyclic) bond motifs is 5. The number of ether oxygens (including phenoxy) is 4. The zero-order chi connectivity index (χ0) is 37.3. The Kier molecular flexibility index (Phi) is 12.5. The second kappa shape index (κ2) is 16.2. The number of allylic oxidation sites excluding steroid dienone is 1. The van der Waals surface area contributed by atoms with Crippen molar-refractivity contribution in [3.63, 3.8) is 0 Å². The second-order valence-electron chi connectivity index (χ2n) is 17.5. The first-order chi connectivity index (χ1) is 24.7. The minimum absolute atomic E-state index is 0.0414. The van der Waals surface area contributed by atoms with Crippen LogP contribution in [0.25, 0.3) is 0 Å². The minimum Gasteiger partial charge on any atom is -0.373 e. The SMILES string of the molecule is CCOC(C)OC(C)(C)C(F)(F)CC[C@@H](C)[C@H]1CC[C@H]2[C@@H]3C(Br)C=C4CC(OCc5ccccc5)C[C@H](OCc5ccccc5)[C@]4(C)[C@H]3CC[C@]12C. The average Bonchev–Trinajstić information content (AvgIpc) is 3.47. The Bertz CT molecular complexity index is 1480. The summed E-state index contributed by atoms with van der Waals surface area (Å²) in [6, 6.07) is 21.0. The molecule has 4 nitrogen and oxygen atoms in total. The molecular formula is C45H63BrF2O4. The van der Waals surface area contributed by atoms with Crippen molar-refractivity contribution in [2.24, 2.45) is 40.4 Å². The Labute approximate surface area is 320 Å². The zero-order valence-corrected chi connectivity index (χ0v) is 34.2. The van der Waals surface area contributed by atoms with Crippen LogP contribution in [0.2, 0.25) is 0 Å². The predicted molar refractivity (Wildman–Crippen MR) is 208 cm³/mol. The van der Waals surface area contributed by atoms with Crippen molar-refractivity contribution in [2.45, 2.75) is 148 Å². The fourth-order valence-corrected chi connectivity index (χ4v) is 12.2. The molecule has 0 bridgehead atoms. The molecular weight excluding hydrogens is 722 g/mol. The molecule has 0 radical (unpaired) electrons. The van der Waals surface area contributed by atoms with Gasteiger partial charge in [-0.15, -0.1) is 0 Å². The second-order valence-corrected chi connectivity index (χ2v) is 18.5. The van der Waals surface area contributed by atoms with Crippen LogP contribution in [-0.4, -0.2) is 41.5 Å². The highest BCUT2D eigenvalue weighted by Gasteiger charge is 2.63. The first-order valence-corrected chi connectivity index (χ1v) is 20.9. The van der Waals surface area contributed by atoms with E-state index in [1.165, 1.54) is 30.5 Å². The van der Waals surface area contributed by atoms with Crippen molar-refractivity contribution in [3.05, 3.63) is 83.4 Å². The highest BCUT2D eigenvalue weighted by Crippen LogP contribution is 2.68. The number of hydrogen-bond acceptors (Lipinski definition) is 4. The van der Waals surface area contributed by atoms with Crippen LogP contribution in [0.4, 0.5) is 8.78 Å². The lowest BCUT2D eigenvalue weighted by atomic mass is 9.46. The van der Waals surface area contributed by atoms with E-state index in [0.29, 0.717) is 49.9 Å². The third kappa shape index (κ3) is 8.01. The van der Waals surface area contributed by atoms with Crippen LogP contribution in [0.1, 0.15) is 111 Å². The quantitative estimate of drug-likeness (QED) is 0.102. The van der Waals surface area contributed by atoms with E-state index in [2.05, 4.69) is 97.4 Å². The number of hydrogen-bond donors (Lipinski definition) is 0. The summed E-state index contributed by atoms with van der Waals surface area (Å²) < 4.78 is 56.2. The molecule has 0 amide bonds. The molecule has 3 unspecified atom stereocenters. The molecule has 4 aliphatic carbocycles. The van der Waals surface area contributed by atoms with Crippen LogP contribution in [0.3, 0.4) is 0 Å². The van der Waals surface area contributed by atoms with Crippen molar-refractivity contribution >= 4 is 15.9 Å². The number of alkyl halides is 3. The van der Waals surface area contributed by atoms with E-state index in [4.69, 9.17) is 18.9 Å². The molecule has 4 aliphatic rings. The van der Waals surface area contributed by atoms with Crippen molar-refractivity contribution in [2.75, 3.05) is 6.61 Å². The van der Waals surface area contributed by atoms with Gasteiger partial charge in [-0.25, -0.2) is 8.78 Å². The van der Waals surface area contributed by atoms with E-state index in [1.54, 1.807) is 6.92 Å². The van der Waals surface area contributed by atoms with E-state index in [9.17, 15) is 0 Å². The summed E-state index contributed by atoms with van der Waals surface area (Å²) in [6.45, 7) is 15.4. The summed E-state index contributed by atoms with van der Waals surface area (Å²) in [5, 5.41) is 0. The molecule has 0 aromatic heterocycles. The molecule has 0 saturated heterocycles. The van der Waals surface area contributed by atoms with Gasteiger partial charge in [-0.1, -0.05) is 109 Å². The normalized spacial score (nSPS) is 34.5. The number of halogens is 3. The zero-order valence-electron chi connectivity index (χ0n) is 32.6. The van der Waals surface area contributed by atoms with Gasteiger partial charge in [0, 0.05) is 29.7 Å². The summed E-state index contributed by atoms with van der Waals surface area (Å²) in [7, 11) is 0. The van der Waals surface area contributed by atoms with Gasteiger partial charge in [-0.05, 0) is 112 Å². The van der Waals surface area contributed by atoms with Crippen LogP contribution in [0, 0.1) is 40.4 Å². The van der Waals surface area contributed by atoms with E-state index in [1.807, 2.05) is 13.0 Å². The number of benzene rings is 2. The molecule has 2 aromatic carbocycles. The maximum atomic E-state index is 15.7. The van der Waals surface area contributed by atoms with Crippen LogP contribution in [0.15, 0.2) is 72.3 Å². The van der Waals surface area contributed by atoms with Crippen LogP contribution in [-0.2, 0) is 32.2 Å². The molecule has 0 N–H and O–H groups in total. The Morgan fingerprint density at radius 2 is 1.52 bits per heavy atom. The Morgan fingerprint density at radius 3 is 2.15 bits per heavy atom. The van der Waals surface area contributed by atoms with E-state index in [-0.39, 0.29) is 40.2 Å².